The van der Waals surface area contributed by atoms with E-state index in [4.69, 9.17) is 4.74 Å². The Hall–Kier alpha value is -1.76. The fourth-order valence-corrected chi connectivity index (χ4v) is 4.25. The Morgan fingerprint density at radius 1 is 0.943 bits per heavy atom. The van der Waals surface area contributed by atoms with Gasteiger partial charge in [-0.15, -0.1) is 0 Å². The molecule has 1 aromatic carbocycles. The molecule has 0 saturated carbocycles. The molecule has 1 amide bonds. The fourth-order valence-electron chi connectivity index (χ4n) is 4.25. The Labute approximate surface area is 214 Å². The minimum Gasteiger partial charge on any atom is -0.372 e. The smallest absolute Gasteiger partial charge is 0.220 e. The van der Waals surface area contributed by atoms with E-state index in [1.165, 1.54) is 17.5 Å². The molecule has 3 rings (SSSR count). The van der Waals surface area contributed by atoms with E-state index >= 15 is 0 Å². The van der Waals surface area contributed by atoms with Gasteiger partial charge in [0.05, 0.1) is 12.2 Å². The minimum absolute atomic E-state index is 0.0213. The fraction of sp³-hybridized carbons (Fsp3) is 0.724. The number of hydrogen-bond acceptors (Lipinski definition) is 5. The van der Waals surface area contributed by atoms with E-state index in [9.17, 15) is 9.59 Å². The molecule has 6 nitrogen and oxygen atoms in total. The van der Waals surface area contributed by atoms with Gasteiger partial charge in [-0.1, -0.05) is 63.9 Å². The van der Waals surface area contributed by atoms with Gasteiger partial charge in [0.1, 0.15) is 5.78 Å². The van der Waals surface area contributed by atoms with Crippen molar-refractivity contribution >= 4 is 11.7 Å². The van der Waals surface area contributed by atoms with Crippen molar-refractivity contribution in [2.24, 2.45) is 0 Å². The van der Waals surface area contributed by atoms with E-state index in [0.29, 0.717) is 25.8 Å². The zero-order chi connectivity index (χ0) is 26.1. The van der Waals surface area contributed by atoms with Crippen molar-refractivity contribution in [2.75, 3.05) is 39.3 Å². The number of nitrogens with one attached hydrogen (secondary N) is 1. The van der Waals surface area contributed by atoms with Crippen molar-refractivity contribution in [3.8, 4) is 0 Å². The number of hydrogen-bond donors (Lipinski definition) is 1. The van der Waals surface area contributed by atoms with Crippen LogP contribution in [0.25, 0.3) is 0 Å². The second-order valence-electron chi connectivity index (χ2n) is 9.59. The zero-order valence-corrected chi connectivity index (χ0v) is 23.3. The van der Waals surface area contributed by atoms with E-state index in [1.54, 1.807) is 6.92 Å². The highest BCUT2D eigenvalue weighted by molar-refractivity contribution is 5.78. The van der Waals surface area contributed by atoms with Crippen LogP contribution in [0.3, 0.4) is 0 Å². The molecule has 2 aliphatic heterocycles. The first-order valence-electron chi connectivity index (χ1n) is 13.8. The maximum Gasteiger partial charge on any atom is 0.220 e. The van der Waals surface area contributed by atoms with Crippen LogP contribution in [0.1, 0.15) is 84.3 Å². The molecule has 0 aromatic heterocycles. The first-order chi connectivity index (χ1) is 16.9. The summed E-state index contributed by atoms with van der Waals surface area (Å²) >= 11 is 0. The highest BCUT2D eigenvalue weighted by Crippen LogP contribution is 2.21. The summed E-state index contributed by atoms with van der Waals surface area (Å²) in [5.74, 6) is 0.161. The molecule has 0 bridgehead atoms. The van der Waals surface area contributed by atoms with Gasteiger partial charge in [-0.25, -0.2) is 0 Å². The van der Waals surface area contributed by atoms with Crippen LogP contribution in [0, 0.1) is 6.92 Å². The van der Waals surface area contributed by atoms with Crippen LogP contribution in [-0.4, -0.2) is 73.0 Å². The van der Waals surface area contributed by atoms with Crippen LogP contribution < -0.4 is 5.32 Å². The summed E-state index contributed by atoms with van der Waals surface area (Å²) in [7, 11) is 0. The monoisotopic (exact) mass is 489 g/mol. The van der Waals surface area contributed by atoms with Gasteiger partial charge in [0.2, 0.25) is 5.91 Å². The molecule has 2 unspecified atom stereocenters. The number of aryl methyl sites for hydroxylation is 1. The number of piperazine rings is 1. The normalized spacial score (nSPS) is 20.3. The molecule has 35 heavy (non-hydrogen) atoms. The van der Waals surface area contributed by atoms with Gasteiger partial charge in [0.15, 0.2) is 0 Å². The predicted molar refractivity (Wildman–Crippen MR) is 146 cm³/mol. The lowest BCUT2D eigenvalue weighted by Gasteiger charge is -2.35. The molecular weight excluding hydrogens is 438 g/mol. The van der Waals surface area contributed by atoms with Crippen molar-refractivity contribution in [2.45, 2.75) is 98.8 Å². The highest BCUT2D eigenvalue weighted by atomic mass is 16.5. The SMILES string of the molecule is CC.CC(=O)CCCC(=O)NCC1CCC(CN2CCN(Cc3ccc(C)cc3)CC2)O1.CCC. The van der Waals surface area contributed by atoms with Crippen LogP contribution in [0.2, 0.25) is 0 Å². The Morgan fingerprint density at radius 3 is 2.11 bits per heavy atom. The summed E-state index contributed by atoms with van der Waals surface area (Å²) in [6.45, 7) is 18.9. The van der Waals surface area contributed by atoms with E-state index in [0.717, 1.165) is 52.1 Å². The van der Waals surface area contributed by atoms with Gasteiger partial charge in [0, 0.05) is 58.7 Å². The second kappa shape index (κ2) is 18.5. The third-order valence-corrected chi connectivity index (χ3v) is 6.11. The summed E-state index contributed by atoms with van der Waals surface area (Å²) in [6, 6.07) is 8.84. The van der Waals surface area contributed by atoms with Crippen molar-refractivity contribution < 1.29 is 14.3 Å². The maximum absolute atomic E-state index is 11.9. The van der Waals surface area contributed by atoms with Crippen LogP contribution in [0.15, 0.2) is 24.3 Å². The number of benzene rings is 1. The number of amides is 1. The van der Waals surface area contributed by atoms with Crippen LogP contribution >= 0.6 is 0 Å². The third kappa shape index (κ3) is 13.8. The molecule has 0 spiro atoms. The number of nitrogens with zero attached hydrogens (tertiary/aromatic N) is 2. The summed E-state index contributed by atoms with van der Waals surface area (Å²) < 4.78 is 6.17. The van der Waals surface area contributed by atoms with Gasteiger partial charge in [-0.05, 0) is 38.7 Å². The van der Waals surface area contributed by atoms with Crippen molar-refractivity contribution in [1.29, 1.82) is 0 Å². The summed E-state index contributed by atoms with van der Waals surface area (Å²) in [5, 5.41) is 2.96. The standard InChI is InChI=1S/C24H37N3O3.C3H8.C2H6/c1-19-6-8-21(9-7-19)17-26-12-14-27(15-13-26)18-23-11-10-22(30-23)16-25-24(29)5-3-4-20(2)28;1-3-2;1-2/h6-9,22-23H,3-5,10-18H2,1-2H3,(H,25,29);3H2,1-2H3;1-2H3. The number of carbonyl (C=O) groups excluding carboxylic acids is 2. The van der Waals surface area contributed by atoms with Crippen LogP contribution in [0.5, 0.6) is 0 Å². The minimum atomic E-state index is 0.0213. The average Bonchev–Trinajstić information content (AvgIpc) is 3.29. The van der Waals surface area contributed by atoms with E-state index in [2.05, 4.69) is 60.2 Å². The molecule has 0 radical (unpaired) electrons. The van der Waals surface area contributed by atoms with Gasteiger partial charge in [0.25, 0.3) is 0 Å². The lowest BCUT2D eigenvalue weighted by Crippen LogP contribution is -2.48. The Morgan fingerprint density at radius 2 is 1.51 bits per heavy atom. The molecule has 0 aliphatic carbocycles. The molecule has 2 saturated heterocycles. The summed E-state index contributed by atoms with van der Waals surface area (Å²) in [5.41, 5.74) is 2.70. The third-order valence-electron chi connectivity index (χ3n) is 6.11. The topological polar surface area (TPSA) is 61.9 Å². The van der Waals surface area contributed by atoms with Crippen molar-refractivity contribution in [3.63, 3.8) is 0 Å². The lowest BCUT2D eigenvalue weighted by atomic mass is 10.1. The highest BCUT2D eigenvalue weighted by Gasteiger charge is 2.28. The summed E-state index contributed by atoms with van der Waals surface area (Å²) in [4.78, 5) is 27.9. The largest absolute Gasteiger partial charge is 0.372 e. The molecule has 2 heterocycles. The number of ether oxygens (including phenoxy) is 1. The van der Waals surface area contributed by atoms with Crippen LogP contribution in [-0.2, 0) is 20.9 Å². The Balaban J connectivity index is 0.00000114. The molecule has 1 N–H and O–H groups in total. The second-order valence-corrected chi connectivity index (χ2v) is 9.59. The summed E-state index contributed by atoms with van der Waals surface area (Å²) in [6.07, 6.45) is 5.24. The van der Waals surface area contributed by atoms with Crippen molar-refractivity contribution in [3.05, 3.63) is 35.4 Å². The van der Waals surface area contributed by atoms with Gasteiger partial charge in [-0.2, -0.15) is 0 Å². The number of ketones is 1. The quantitative estimate of drug-likeness (QED) is 0.502. The maximum atomic E-state index is 11.9. The zero-order valence-electron chi connectivity index (χ0n) is 23.3. The Bertz CT molecular complexity index is 700. The molecule has 2 fully saturated rings. The number of rotatable bonds is 10. The molecule has 200 valence electrons. The van der Waals surface area contributed by atoms with E-state index in [1.807, 2.05) is 13.8 Å². The molecular formula is C29H51N3O3. The van der Waals surface area contributed by atoms with E-state index in [-0.39, 0.29) is 23.9 Å². The van der Waals surface area contributed by atoms with E-state index < -0.39 is 0 Å². The average molecular weight is 490 g/mol. The van der Waals surface area contributed by atoms with Gasteiger partial charge < -0.3 is 14.8 Å². The molecule has 1 aromatic rings. The van der Waals surface area contributed by atoms with Crippen LogP contribution in [0.4, 0.5) is 0 Å². The molecule has 2 atom stereocenters. The number of Topliss-reactive ketones (excluding diaryl/α,β-unsaturated/α-hetero) is 1. The molecule has 6 heteroatoms. The van der Waals surface area contributed by atoms with Crippen molar-refractivity contribution in [1.82, 2.24) is 15.1 Å². The van der Waals surface area contributed by atoms with Gasteiger partial charge >= 0.3 is 0 Å². The first kappa shape index (κ1) is 31.3. The lowest BCUT2D eigenvalue weighted by molar-refractivity contribution is -0.122. The first-order valence-corrected chi connectivity index (χ1v) is 13.8. The predicted octanol–water partition coefficient (Wildman–Crippen LogP) is 4.98. The number of carbonyl (C=O) groups is 2. The molecule has 2 aliphatic rings. The Kier molecular flexibility index (Phi) is 16.5. The van der Waals surface area contributed by atoms with Gasteiger partial charge in [-0.3, -0.25) is 14.6 Å².